The highest BCUT2D eigenvalue weighted by atomic mass is 35.5. The molecule has 1 aliphatic heterocycles. The van der Waals surface area contributed by atoms with Crippen molar-refractivity contribution < 1.29 is 9.53 Å². The molecule has 0 saturated carbocycles. The molecule has 1 N–H and O–H groups in total. The van der Waals surface area contributed by atoms with Crippen LogP contribution in [0.4, 0.5) is 5.69 Å². The Morgan fingerprint density at radius 1 is 1.41 bits per heavy atom. The van der Waals surface area contributed by atoms with Crippen molar-refractivity contribution in [3.8, 4) is 0 Å². The topological polar surface area (TPSA) is 54.5 Å². The fourth-order valence-corrected chi connectivity index (χ4v) is 2.98. The molecule has 0 spiro atoms. The highest BCUT2D eigenvalue weighted by molar-refractivity contribution is 6.35. The van der Waals surface area contributed by atoms with Crippen LogP contribution >= 0.6 is 11.6 Å². The third kappa shape index (κ3) is 2.74. The Kier molecular flexibility index (Phi) is 4.45. The molecule has 0 atom stereocenters. The van der Waals surface area contributed by atoms with Crippen LogP contribution in [-0.2, 0) is 4.74 Å². The van der Waals surface area contributed by atoms with Crippen molar-refractivity contribution in [3.63, 3.8) is 0 Å². The second-order valence-corrected chi connectivity index (χ2v) is 5.52. The zero-order valence-corrected chi connectivity index (χ0v) is 13.2. The van der Waals surface area contributed by atoms with E-state index in [0.29, 0.717) is 22.7 Å². The Hall–Kier alpha value is -1.85. The Balaban J connectivity index is 2.19. The first kappa shape index (κ1) is 15.1. The first-order chi connectivity index (χ1) is 10.7. The van der Waals surface area contributed by atoms with Crippen molar-refractivity contribution in [1.29, 1.82) is 0 Å². The van der Waals surface area contributed by atoms with Crippen molar-refractivity contribution in [1.82, 2.24) is 10.3 Å². The minimum Gasteiger partial charge on any atom is -0.462 e. The lowest BCUT2D eigenvalue weighted by molar-refractivity contribution is 0.0526. The molecule has 1 fully saturated rings. The molecule has 2 heterocycles. The molecule has 0 aliphatic carbocycles. The molecule has 22 heavy (non-hydrogen) atoms. The lowest BCUT2D eigenvalue weighted by atomic mass is 10.1. The van der Waals surface area contributed by atoms with Crippen LogP contribution in [0.3, 0.4) is 0 Å². The van der Waals surface area contributed by atoms with Gasteiger partial charge in [0, 0.05) is 37.8 Å². The minimum absolute atomic E-state index is 0.341. The van der Waals surface area contributed by atoms with Gasteiger partial charge in [0.2, 0.25) is 0 Å². The maximum atomic E-state index is 12.3. The highest BCUT2D eigenvalue weighted by Gasteiger charge is 2.23. The lowest BCUT2D eigenvalue weighted by Crippen LogP contribution is -2.44. The standard InChI is InChI=1S/C16H18ClN3O2/c1-2-22-16(21)12-10-19-14-11(4-3-5-13(14)17)15(12)20-8-6-18-7-9-20/h3-5,10,18H,2,6-9H2,1H3. The molecule has 1 aliphatic rings. The van der Waals surface area contributed by atoms with E-state index in [2.05, 4.69) is 15.2 Å². The zero-order chi connectivity index (χ0) is 15.5. The summed E-state index contributed by atoms with van der Waals surface area (Å²) in [6.07, 6.45) is 1.57. The van der Waals surface area contributed by atoms with Gasteiger partial charge in [-0.2, -0.15) is 0 Å². The number of hydrogen-bond donors (Lipinski definition) is 1. The number of esters is 1. The van der Waals surface area contributed by atoms with Gasteiger partial charge in [0.25, 0.3) is 0 Å². The number of para-hydroxylation sites is 1. The van der Waals surface area contributed by atoms with Gasteiger partial charge in [-0.15, -0.1) is 0 Å². The summed E-state index contributed by atoms with van der Waals surface area (Å²) in [4.78, 5) is 18.9. The molecule has 6 heteroatoms. The molecule has 1 aromatic carbocycles. The number of pyridine rings is 1. The van der Waals surface area contributed by atoms with Crippen LogP contribution in [0.5, 0.6) is 0 Å². The number of carbonyl (C=O) groups excluding carboxylic acids is 1. The average Bonchev–Trinajstić information content (AvgIpc) is 2.55. The van der Waals surface area contributed by atoms with Gasteiger partial charge in [0.15, 0.2) is 0 Å². The van der Waals surface area contributed by atoms with E-state index in [1.165, 1.54) is 0 Å². The summed E-state index contributed by atoms with van der Waals surface area (Å²) >= 11 is 6.25. The van der Waals surface area contributed by atoms with Crippen LogP contribution < -0.4 is 10.2 Å². The summed E-state index contributed by atoms with van der Waals surface area (Å²) in [6.45, 7) is 5.57. The first-order valence-corrected chi connectivity index (χ1v) is 7.80. The highest BCUT2D eigenvalue weighted by Crippen LogP contribution is 2.33. The van der Waals surface area contributed by atoms with Gasteiger partial charge in [0.05, 0.1) is 22.8 Å². The van der Waals surface area contributed by atoms with E-state index in [4.69, 9.17) is 16.3 Å². The Morgan fingerprint density at radius 3 is 2.91 bits per heavy atom. The van der Waals surface area contributed by atoms with Crippen LogP contribution in [-0.4, -0.2) is 43.7 Å². The number of ether oxygens (including phenoxy) is 1. The minimum atomic E-state index is -0.342. The summed E-state index contributed by atoms with van der Waals surface area (Å²) in [6, 6.07) is 5.64. The van der Waals surface area contributed by atoms with Crippen molar-refractivity contribution in [2.24, 2.45) is 0 Å². The van der Waals surface area contributed by atoms with Crippen LogP contribution in [0.1, 0.15) is 17.3 Å². The number of nitrogens with one attached hydrogen (secondary N) is 1. The normalized spacial score (nSPS) is 15.1. The molecule has 5 nitrogen and oxygen atoms in total. The summed E-state index contributed by atoms with van der Waals surface area (Å²) in [5.74, 6) is -0.342. The van der Waals surface area contributed by atoms with E-state index in [1.54, 1.807) is 13.1 Å². The van der Waals surface area contributed by atoms with Gasteiger partial charge >= 0.3 is 5.97 Å². The number of hydrogen-bond acceptors (Lipinski definition) is 5. The van der Waals surface area contributed by atoms with Crippen LogP contribution in [0, 0.1) is 0 Å². The van der Waals surface area contributed by atoms with E-state index in [1.807, 2.05) is 18.2 Å². The predicted octanol–water partition coefficient (Wildman–Crippen LogP) is 2.47. The molecule has 3 rings (SSSR count). The Morgan fingerprint density at radius 2 is 2.18 bits per heavy atom. The van der Waals surface area contributed by atoms with Gasteiger partial charge in [-0.3, -0.25) is 4.98 Å². The van der Waals surface area contributed by atoms with Gasteiger partial charge < -0.3 is 15.0 Å². The second kappa shape index (κ2) is 6.50. The quantitative estimate of drug-likeness (QED) is 0.881. The molecule has 0 unspecified atom stereocenters. The number of carbonyl (C=O) groups is 1. The predicted molar refractivity (Wildman–Crippen MR) is 87.8 cm³/mol. The third-order valence-corrected chi connectivity index (χ3v) is 4.05. The SMILES string of the molecule is CCOC(=O)c1cnc2c(Cl)cccc2c1N1CCNCC1. The van der Waals surface area contributed by atoms with Gasteiger partial charge in [-0.25, -0.2) is 4.79 Å². The molecule has 0 bridgehead atoms. The molecule has 1 saturated heterocycles. The van der Waals surface area contributed by atoms with Crippen molar-refractivity contribution >= 4 is 34.2 Å². The molecular formula is C16H18ClN3O2. The number of nitrogens with zero attached hydrogens (tertiary/aromatic N) is 2. The molecule has 0 amide bonds. The van der Waals surface area contributed by atoms with Crippen LogP contribution in [0.2, 0.25) is 5.02 Å². The van der Waals surface area contributed by atoms with E-state index in [-0.39, 0.29) is 5.97 Å². The van der Waals surface area contributed by atoms with Gasteiger partial charge in [-0.1, -0.05) is 23.7 Å². The lowest BCUT2D eigenvalue weighted by Gasteiger charge is -2.31. The second-order valence-electron chi connectivity index (χ2n) is 5.11. The average molecular weight is 320 g/mol. The zero-order valence-electron chi connectivity index (χ0n) is 12.4. The number of piperazine rings is 1. The molecule has 116 valence electrons. The summed E-state index contributed by atoms with van der Waals surface area (Å²) in [7, 11) is 0. The third-order valence-electron chi connectivity index (χ3n) is 3.75. The Bertz CT molecular complexity index is 699. The number of anilines is 1. The summed E-state index contributed by atoms with van der Waals surface area (Å²) < 4.78 is 5.18. The van der Waals surface area contributed by atoms with E-state index in [0.717, 1.165) is 37.3 Å². The maximum Gasteiger partial charge on any atom is 0.341 e. The first-order valence-electron chi connectivity index (χ1n) is 7.42. The summed E-state index contributed by atoms with van der Waals surface area (Å²) in [5, 5.41) is 4.79. The van der Waals surface area contributed by atoms with Gasteiger partial charge in [0.1, 0.15) is 5.56 Å². The fourth-order valence-electron chi connectivity index (χ4n) is 2.76. The van der Waals surface area contributed by atoms with Gasteiger partial charge in [-0.05, 0) is 13.0 Å². The van der Waals surface area contributed by atoms with Crippen LogP contribution in [0.25, 0.3) is 10.9 Å². The largest absolute Gasteiger partial charge is 0.462 e. The molecule has 0 radical (unpaired) electrons. The van der Waals surface area contributed by atoms with E-state index >= 15 is 0 Å². The number of aromatic nitrogens is 1. The van der Waals surface area contributed by atoms with Crippen molar-refractivity contribution in [2.45, 2.75) is 6.92 Å². The number of benzene rings is 1. The fraction of sp³-hybridized carbons (Fsp3) is 0.375. The smallest absolute Gasteiger partial charge is 0.341 e. The number of rotatable bonds is 3. The van der Waals surface area contributed by atoms with Crippen molar-refractivity contribution in [2.75, 3.05) is 37.7 Å². The monoisotopic (exact) mass is 319 g/mol. The summed E-state index contributed by atoms with van der Waals surface area (Å²) in [5.41, 5.74) is 2.08. The maximum absolute atomic E-state index is 12.3. The number of fused-ring (bicyclic) bond motifs is 1. The van der Waals surface area contributed by atoms with E-state index in [9.17, 15) is 4.79 Å². The van der Waals surface area contributed by atoms with Crippen LogP contribution in [0.15, 0.2) is 24.4 Å². The molecular weight excluding hydrogens is 302 g/mol. The van der Waals surface area contributed by atoms with Crippen molar-refractivity contribution in [3.05, 3.63) is 35.0 Å². The molecule has 2 aromatic rings. The molecule has 1 aromatic heterocycles. The number of halogens is 1. The Labute approximate surface area is 134 Å². The van der Waals surface area contributed by atoms with E-state index < -0.39 is 0 Å².